The molecule has 0 saturated heterocycles. The second-order valence-electron chi connectivity index (χ2n) is 3.41. The molecule has 1 rings (SSSR count). The first-order valence-corrected chi connectivity index (χ1v) is 4.77. The number of carbonyl (C=O) groups excluding carboxylic acids is 1. The van der Waals surface area contributed by atoms with Gasteiger partial charge in [-0.1, -0.05) is 36.4 Å². The summed E-state index contributed by atoms with van der Waals surface area (Å²) < 4.78 is 0. The molecule has 0 saturated carbocycles. The van der Waals surface area contributed by atoms with E-state index < -0.39 is 0 Å². The molecule has 0 aliphatic carbocycles. The number of benzene rings is 1. The maximum atomic E-state index is 11.6. The van der Waals surface area contributed by atoms with Crippen molar-refractivity contribution in [1.29, 1.82) is 0 Å². The summed E-state index contributed by atoms with van der Waals surface area (Å²) in [5.41, 5.74) is 1.75. The fourth-order valence-corrected chi connectivity index (χ4v) is 1.10. The van der Waals surface area contributed by atoms with Gasteiger partial charge in [0.05, 0.1) is 0 Å². The van der Waals surface area contributed by atoms with Gasteiger partial charge in [-0.2, -0.15) is 0 Å². The Bertz CT molecular complexity index is 379. The van der Waals surface area contributed by atoms with Gasteiger partial charge in [-0.05, 0) is 19.1 Å². The second kappa shape index (κ2) is 5.15. The van der Waals surface area contributed by atoms with Crippen molar-refractivity contribution in [3.63, 3.8) is 0 Å². The zero-order valence-electron chi connectivity index (χ0n) is 9.10. The van der Waals surface area contributed by atoms with Gasteiger partial charge in [0.1, 0.15) is 0 Å². The molecule has 2 nitrogen and oxygen atoms in total. The summed E-state index contributed by atoms with van der Waals surface area (Å²) in [7, 11) is 1.75. The van der Waals surface area contributed by atoms with Crippen LogP contribution in [0.15, 0.2) is 54.6 Å². The predicted octanol–water partition coefficient (Wildman–Crippen LogP) is 2.78. The number of para-hydroxylation sites is 1. The third-order valence-electron chi connectivity index (χ3n) is 1.98. The molecule has 15 heavy (non-hydrogen) atoms. The number of carbonyl (C=O) groups is 1. The summed E-state index contributed by atoms with van der Waals surface area (Å²) in [4.78, 5) is 13.2. The second-order valence-corrected chi connectivity index (χ2v) is 3.41. The van der Waals surface area contributed by atoms with E-state index in [2.05, 4.69) is 6.58 Å². The molecule has 1 amide bonds. The Labute approximate surface area is 90.5 Å². The molecule has 0 aromatic heterocycles. The van der Waals surface area contributed by atoms with Gasteiger partial charge in [-0.25, -0.2) is 0 Å². The van der Waals surface area contributed by atoms with E-state index in [4.69, 9.17) is 0 Å². The van der Waals surface area contributed by atoms with Gasteiger partial charge < -0.3 is 4.90 Å². The number of amides is 1. The largest absolute Gasteiger partial charge is 0.312 e. The first-order valence-electron chi connectivity index (χ1n) is 4.77. The Hall–Kier alpha value is -1.83. The maximum Gasteiger partial charge on any atom is 0.250 e. The van der Waals surface area contributed by atoms with E-state index in [1.54, 1.807) is 18.0 Å². The quantitative estimate of drug-likeness (QED) is 0.544. The van der Waals surface area contributed by atoms with Gasteiger partial charge in [0, 0.05) is 18.8 Å². The highest BCUT2D eigenvalue weighted by atomic mass is 16.2. The molecular weight excluding hydrogens is 186 g/mol. The molecule has 0 spiro atoms. The zero-order valence-corrected chi connectivity index (χ0v) is 9.10. The Morgan fingerprint density at radius 2 is 1.87 bits per heavy atom. The first kappa shape index (κ1) is 11.2. The number of rotatable bonds is 3. The average molecular weight is 201 g/mol. The summed E-state index contributed by atoms with van der Waals surface area (Å²) >= 11 is 0. The van der Waals surface area contributed by atoms with Crippen LogP contribution < -0.4 is 4.90 Å². The van der Waals surface area contributed by atoms with Crippen LogP contribution in [0.3, 0.4) is 0 Å². The van der Waals surface area contributed by atoms with Gasteiger partial charge >= 0.3 is 0 Å². The Morgan fingerprint density at radius 1 is 1.27 bits per heavy atom. The highest BCUT2D eigenvalue weighted by Gasteiger charge is 2.05. The normalized spacial score (nSPS) is 10.3. The van der Waals surface area contributed by atoms with E-state index >= 15 is 0 Å². The molecule has 0 radical (unpaired) electrons. The molecule has 78 valence electrons. The van der Waals surface area contributed by atoms with Crippen LogP contribution in [0.1, 0.15) is 6.92 Å². The Balaban J connectivity index is 2.74. The molecule has 1 aromatic carbocycles. The summed E-state index contributed by atoms with van der Waals surface area (Å²) in [6.07, 6.45) is 3.23. The summed E-state index contributed by atoms with van der Waals surface area (Å²) in [6.45, 7) is 5.56. The highest BCUT2D eigenvalue weighted by molar-refractivity contribution is 6.01. The number of anilines is 1. The van der Waals surface area contributed by atoms with Crippen molar-refractivity contribution in [2.75, 3.05) is 11.9 Å². The molecule has 0 bridgehead atoms. The van der Waals surface area contributed by atoms with Crippen molar-refractivity contribution < 1.29 is 4.79 Å². The van der Waals surface area contributed by atoms with Crippen LogP contribution in [-0.2, 0) is 4.79 Å². The lowest BCUT2D eigenvalue weighted by Gasteiger charge is -2.14. The van der Waals surface area contributed by atoms with Crippen molar-refractivity contribution in [1.82, 2.24) is 0 Å². The highest BCUT2D eigenvalue weighted by Crippen LogP contribution is 2.11. The number of hydrogen-bond donors (Lipinski definition) is 0. The molecule has 0 fully saturated rings. The molecule has 2 heteroatoms. The lowest BCUT2D eigenvalue weighted by Crippen LogP contribution is -2.23. The molecular formula is C13H15NO. The number of allylic oxidation sites excluding steroid dienone is 2. The fourth-order valence-electron chi connectivity index (χ4n) is 1.10. The Kier molecular flexibility index (Phi) is 3.86. The molecule has 0 atom stereocenters. The van der Waals surface area contributed by atoms with Crippen LogP contribution in [-0.4, -0.2) is 13.0 Å². The minimum atomic E-state index is -0.0517. The van der Waals surface area contributed by atoms with Crippen LogP contribution in [0.5, 0.6) is 0 Å². The van der Waals surface area contributed by atoms with Gasteiger partial charge in [0.25, 0.3) is 5.91 Å². The summed E-state index contributed by atoms with van der Waals surface area (Å²) in [5.74, 6) is -0.0517. The van der Waals surface area contributed by atoms with E-state index in [-0.39, 0.29) is 5.91 Å². The van der Waals surface area contributed by atoms with E-state index in [9.17, 15) is 4.79 Å². The third kappa shape index (κ3) is 3.43. The van der Waals surface area contributed by atoms with Crippen molar-refractivity contribution >= 4 is 11.6 Å². The number of hydrogen-bond acceptors (Lipinski definition) is 1. The minimum Gasteiger partial charge on any atom is -0.312 e. The van der Waals surface area contributed by atoms with Crippen molar-refractivity contribution in [2.45, 2.75) is 6.92 Å². The zero-order chi connectivity index (χ0) is 11.3. The molecule has 0 unspecified atom stereocenters. The fraction of sp³-hybridized carbons (Fsp3) is 0.154. The lowest BCUT2D eigenvalue weighted by molar-refractivity contribution is -0.113. The number of nitrogens with zero attached hydrogens (tertiary/aromatic N) is 1. The van der Waals surface area contributed by atoms with Gasteiger partial charge in [-0.15, -0.1) is 0 Å². The van der Waals surface area contributed by atoms with Gasteiger partial charge in [0.2, 0.25) is 0 Å². The van der Waals surface area contributed by atoms with Crippen LogP contribution in [0.4, 0.5) is 5.69 Å². The Morgan fingerprint density at radius 3 is 2.40 bits per heavy atom. The molecule has 0 aliphatic rings. The molecule has 0 heterocycles. The van der Waals surface area contributed by atoms with E-state index in [1.807, 2.05) is 37.3 Å². The first-order chi connectivity index (χ1) is 7.11. The SMILES string of the molecule is C=C(C)/C=C/C(=O)N(C)c1ccccc1. The third-order valence-corrected chi connectivity index (χ3v) is 1.98. The number of likely N-dealkylation sites (N-methyl/N-ethyl adjacent to an activating group) is 1. The predicted molar refractivity (Wildman–Crippen MR) is 63.8 cm³/mol. The van der Waals surface area contributed by atoms with Crippen molar-refractivity contribution in [3.05, 3.63) is 54.6 Å². The average Bonchev–Trinajstić information content (AvgIpc) is 2.26. The summed E-state index contributed by atoms with van der Waals surface area (Å²) in [6, 6.07) is 9.52. The van der Waals surface area contributed by atoms with Crippen LogP contribution >= 0.6 is 0 Å². The van der Waals surface area contributed by atoms with Gasteiger partial charge in [-0.3, -0.25) is 4.79 Å². The van der Waals surface area contributed by atoms with Crippen molar-refractivity contribution in [3.8, 4) is 0 Å². The lowest BCUT2D eigenvalue weighted by atomic mass is 10.2. The van der Waals surface area contributed by atoms with E-state index in [0.29, 0.717) is 0 Å². The molecule has 0 N–H and O–H groups in total. The maximum absolute atomic E-state index is 11.6. The molecule has 1 aromatic rings. The molecule has 0 aliphatic heterocycles. The van der Waals surface area contributed by atoms with Crippen LogP contribution in [0.25, 0.3) is 0 Å². The minimum absolute atomic E-state index is 0.0517. The van der Waals surface area contributed by atoms with Crippen molar-refractivity contribution in [2.24, 2.45) is 0 Å². The topological polar surface area (TPSA) is 20.3 Å². The van der Waals surface area contributed by atoms with Crippen LogP contribution in [0.2, 0.25) is 0 Å². The smallest absolute Gasteiger partial charge is 0.250 e. The van der Waals surface area contributed by atoms with E-state index in [0.717, 1.165) is 11.3 Å². The van der Waals surface area contributed by atoms with Gasteiger partial charge in [0.15, 0.2) is 0 Å². The standard InChI is InChI=1S/C13H15NO/c1-11(2)9-10-13(15)14(3)12-7-5-4-6-8-12/h4-10H,1H2,2-3H3/b10-9+. The van der Waals surface area contributed by atoms with Crippen LogP contribution in [0, 0.1) is 0 Å². The monoisotopic (exact) mass is 201 g/mol. The summed E-state index contributed by atoms with van der Waals surface area (Å²) in [5, 5.41) is 0. The van der Waals surface area contributed by atoms with E-state index in [1.165, 1.54) is 6.08 Å².